The topological polar surface area (TPSA) is 93.8 Å². The van der Waals surface area contributed by atoms with Crippen LogP contribution >= 0.6 is 0 Å². The maximum Gasteiger partial charge on any atom is 0.225 e. The van der Waals surface area contributed by atoms with Gasteiger partial charge in [-0.15, -0.1) is 0 Å². The zero-order valence-corrected chi connectivity index (χ0v) is 16.1. The standard InChI is InChI=1S/C19H24N8O/c1-25-12-14(11-22-25)17-6-8-20-19(24-17)27-10-7-15(13-27)23-18(28)4-3-16-5-9-21-26(16)2/h5-6,8-9,11-12,15H,3-4,7,10,13H2,1-2H3,(H,23,28). The van der Waals surface area contributed by atoms with Crippen molar-refractivity contribution in [3.05, 3.63) is 42.6 Å². The van der Waals surface area contributed by atoms with Crippen molar-refractivity contribution in [2.24, 2.45) is 14.1 Å². The number of hydrogen-bond acceptors (Lipinski definition) is 6. The van der Waals surface area contributed by atoms with E-state index in [1.807, 2.05) is 32.4 Å². The highest BCUT2D eigenvalue weighted by molar-refractivity contribution is 5.76. The highest BCUT2D eigenvalue weighted by Gasteiger charge is 2.25. The summed E-state index contributed by atoms with van der Waals surface area (Å²) in [5.41, 5.74) is 2.87. The molecule has 1 unspecified atom stereocenters. The summed E-state index contributed by atoms with van der Waals surface area (Å²) in [6.45, 7) is 1.54. The van der Waals surface area contributed by atoms with Crippen LogP contribution in [0, 0.1) is 0 Å². The van der Waals surface area contributed by atoms with Crippen LogP contribution < -0.4 is 10.2 Å². The predicted molar refractivity (Wildman–Crippen MR) is 105 cm³/mol. The van der Waals surface area contributed by atoms with E-state index >= 15 is 0 Å². The smallest absolute Gasteiger partial charge is 0.225 e. The Morgan fingerprint density at radius 1 is 1.25 bits per heavy atom. The van der Waals surface area contributed by atoms with E-state index in [1.54, 1.807) is 28.0 Å². The number of nitrogens with one attached hydrogen (secondary N) is 1. The van der Waals surface area contributed by atoms with Gasteiger partial charge in [0.2, 0.25) is 11.9 Å². The third-order valence-electron chi connectivity index (χ3n) is 5.01. The van der Waals surface area contributed by atoms with Gasteiger partial charge in [0.25, 0.3) is 0 Å². The number of anilines is 1. The monoisotopic (exact) mass is 380 g/mol. The van der Waals surface area contributed by atoms with E-state index < -0.39 is 0 Å². The molecule has 0 radical (unpaired) electrons. The summed E-state index contributed by atoms with van der Waals surface area (Å²) in [6, 6.07) is 3.94. The lowest BCUT2D eigenvalue weighted by Gasteiger charge is -2.17. The fraction of sp³-hybridized carbons (Fsp3) is 0.421. The van der Waals surface area contributed by atoms with Gasteiger partial charge in [-0.1, -0.05) is 0 Å². The summed E-state index contributed by atoms with van der Waals surface area (Å²) in [5, 5.41) is 11.5. The van der Waals surface area contributed by atoms with E-state index in [-0.39, 0.29) is 11.9 Å². The number of carbonyl (C=O) groups is 1. The second-order valence-electron chi connectivity index (χ2n) is 7.09. The second-order valence-corrected chi connectivity index (χ2v) is 7.09. The molecular weight excluding hydrogens is 356 g/mol. The minimum absolute atomic E-state index is 0.0677. The third kappa shape index (κ3) is 4.03. The zero-order valence-electron chi connectivity index (χ0n) is 16.1. The molecule has 1 N–H and O–H groups in total. The highest BCUT2D eigenvalue weighted by atomic mass is 16.1. The van der Waals surface area contributed by atoms with Crippen LogP contribution in [-0.4, -0.2) is 54.6 Å². The van der Waals surface area contributed by atoms with Crippen molar-refractivity contribution >= 4 is 11.9 Å². The van der Waals surface area contributed by atoms with Crippen molar-refractivity contribution in [2.75, 3.05) is 18.0 Å². The van der Waals surface area contributed by atoms with Gasteiger partial charge in [0.15, 0.2) is 0 Å². The molecule has 4 heterocycles. The van der Waals surface area contributed by atoms with Crippen molar-refractivity contribution in [1.29, 1.82) is 0 Å². The first-order valence-electron chi connectivity index (χ1n) is 9.42. The molecule has 4 rings (SSSR count). The summed E-state index contributed by atoms with van der Waals surface area (Å²) >= 11 is 0. The number of aryl methyl sites for hydroxylation is 3. The molecule has 1 aliphatic heterocycles. The van der Waals surface area contributed by atoms with Crippen LogP contribution in [0.4, 0.5) is 5.95 Å². The number of nitrogens with zero attached hydrogens (tertiary/aromatic N) is 7. The lowest BCUT2D eigenvalue weighted by Crippen LogP contribution is -2.37. The first-order chi connectivity index (χ1) is 13.6. The van der Waals surface area contributed by atoms with Crippen molar-refractivity contribution in [2.45, 2.75) is 25.3 Å². The van der Waals surface area contributed by atoms with Crippen molar-refractivity contribution in [3.8, 4) is 11.3 Å². The Hall–Kier alpha value is -3.23. The maximum absolute atomic E-state index is 12.3. The molecule has 1 aliphatic rings. The first kappa shape index (κ1) is 18.1. The van der Waals surface area contributed by atoms with E-state index in [1.165, 1.54) is 0 Å². The Morgan fingerprint density at radius 3 is 2.89 bits per heavy atom. The van der Waals surface area contributed by atoms with Crippen LogP contribution in [0.15, 0.2) is 36.9 Å². The molecule has 1 amide bonds. The van der Waals surface area contributed by atoms with Crippen LogP contribution in [-0.2, 0) is 25.3 Å². The van der Waals surface area contributed by atoms with Gasteiger partial charge in [-0.3, -0.25) is 14.2 Å². The number of carbonyl (C=O) groups excluding carboxylic acids is 1. The summed E-state index contributed by atoms with van der Waals surface area (Å²) < 4.78 is 3.56. The molecule has 9 heteroatoms. The number of aromatic nitrogens is 6. The maximum atomic E-state index is 12.3. The number of hydrogen-bond donors (Lipinski definition) is 1. The lowest BCUT2D eigenvalue weighted by molar-refractivity contribution is -0.121. The van der Waals surface area contributed by atoms with Crippen LogP contribution in [0.25, 0.3) is 11.3 Å². The van der Waals surface area contributed by atoms with Gasteiger partial charge in [-0.05, 0) is 25.0 Å². The van der Waals surface area contributed by atoms with Crippen molar-refractivity contribution in [1.82, 2.24) is 34.8 Å². The number of rotatable bonds is 6. The fourth-order valence-corrected chi connectivity index (χ4v) is 3.46. The minimum Gasteiger partial charge on any atom is -0.352 e. The van der Waals surface area contributed by atoms with E-state index in [4.69, 9.17) is 0 Å². The molecule has 1 atom stereocenters. The molecule has 9 nitrogen and oxygen atoms in total. The van der Waals surface area contributed by atoms with Gasteiger partial charge in [0.05, 0.1) is 11.9 Å². The molecule has 1 fully saturated rings. The first-order valence-corrected chi connectivity index (χ1v) is 9.42. The van der Waals surface area contributed by atoms with Crippen LogP contribution in [0.3, 0.4) is 0 Å². The second kappa shape index (κ2) is 7.79. The molecular formula is C19H24N8O. The van der Waals surface area contributed by atoms with Gasteiger partial charge < -0.3 is 10.2 Å². The molecule has 28 heavy (non-hydrogen) atoms. The molecule has 1 saturated heterocycles. The largest absolute Gasteiger partial charge is 0.352 e. The van der Waals surface area contributed by atoms with E-state index in [9.17, 15) is 4.79 Å². The Balaban J connectivity index is 1.33. The van der Waals surface area contributed by atoms with Crippen molar-refractivity contribution in [3.63, 3.8) is 0 Å². The molecule has 0 bridgehead atoms. The van der Waals surface area contributed by atoms with Crippen LogP contribution in [0.1, 0.15) is 18.5 Å². The van der Waals surface area contributed by atoms with Crippen LogP contribution in [0.2, 0.25) is 0 Å². The Kier molecular flexibility index (Phi) is 5.05. The van der Waals surface area contributed by atoms with E-state index in [0.29, 0.717) is 25.3 Å². The summed E-state index contributed by atoms with van der Waals surface area (Å²) in [4.78, 5) is 23.5. The molecule has 146 valence electrons. The van der Waals surface area contributed by atoms with Crippen LogP contribution in [0.5, 0.6) is 0 Å². The average Bonchev–Trinajstić information content (AvgIpc) is 3.42. The van der Waals surface area contributed by atoms with Gasteiger partial charge in [0.1, 0.15) is 0 Å². The molecule has 0 aliphatic carbocycles. The molecule has 3 aromatic heterocycles. The van der Waals surface area contributed by atoms with E-state index in [2.05, 4.69) is 30.4 Å². The molecule has 0 saturated carbocycles. The molecule has 0 aromatic carbocycles. The Bertz CT molecular complexity index is 962. The quantitative estimate of drug-likeness (QED) is 0.684. The SMILES string of the molecule is Cn1cc(-c2ccnc(N3CCC(NC(=O)CCc4ccnn4C)C3)n2)cn1. The van der Waals surface area contributed by atoms with Gasteiger partial charge in [0, 0.05) is 69.5 Å². The highest BCUT2D eigenvalue weighted by Crippen LogP contribution is 2.21. The zero-order chi connectivity index (χ0) is 19.5. The summed E-state index contributed by atoms with van der Waals surface area (Å²) in [7, 11) is 3.77. The number of amides is 1. The predicted octanol–water partition coefficient (Wildman–Crippen LogP) is 0.938. The summed E-state index contributed by atoms with van der Waals surface area (Å²) in [5.74, 6) is 0.756. The molecule has 3 aromatic rings. The normalized spacial score (nSPS) is 16.5. The molecule has 0 spiro atoms. The van der Waals surface area contributed by atoms with Gasteiger partial charge in [-0.25, -0.2) is 9.97 Å². The minimum atomic E-state index is 0.0677. The fourth-order valence-electron chi connectivity index (χ4n) is 3.46. The van der Waals surface area contributed by atoms with E-state index in [0.717, 1.165) is 29.9 Å². The van der Waals surface area contributed by atoms with Gasteiger partial charge >= 0.3 is 0 Å². The Morgan fingerprint density at radius 2 is 2.14 bits per heavy atom. The average molecular weight is 380 g/mol. The third-order valence-corrected chi connectivity index (χ3v) is 5.01. The Labute approximate surface area is 163 Å². The van der Waals surface area contributed by atoms with Crippen molar-refractivity contribution < 1.29 is 4.79 Å². The lowest BCUT2D eigenvalue weighted by atomic mass is 10.2. The van der Waals surface area contributed by atoms with Gasteiger partial charge in [-0.2, -0.15) is 10.2 Å². The summed E-state index contributed by atoms with van der Waals surface area (Å²) in [6.07, 6.45) is 9.28.